The van der Waals surface area contributed by atoms with E-state index in [9.17, 15) is 0 Å². The highest BCUT2D eigenvalue weighted by atomic mass is 14.9. The van der Waals surface area contributed by atoms with Crippen molar-refractivity contribution in [2.24, 2.45) is 5.92 Å². The molecule has 1 heteroatoms. The lowest BCUT2D eigenvalue weighted by atomic mass is 10.0. The molecule has 0 heterocycles. The van der Waals surface area contributed by atoms with Crippen molar-refractivity contribution in [3.8, 4) is 0 Å². The van der Waals surface area contributed by atoms with Gasteiger partial charge in [0.1, 0.15) is 0 Å². The second-order valence-corrected chi connectivity index (χ2v) is 3.15. The summed E-state index contributed by atoms with van der Waals surface area (Å²) >= 11 is 0. The second-order valence-electron chi connectivity index (χ2n) is 3.15. The maximum Gasteiger partial charge on any atom is 0.0359 e. The molecular weight excluding hydrogens is 134 g/mol. The Hall–Kier alpha value is -0.720. The van der Waals surface area contributed by atoms with E-state index < -0.39 is 0 Å². The van der Waals surface area contributed by atoms with Gasteiger partial charge in [0.15, 0.2) is 0 Å². The van der Waals surface area contributed by atoms with Crippen LogP contribution in [0.2, 0.25) is 0 Å². The molecule has 0 saturated carbocycles. The van der Waals surface area contributed by atoms with Gasteiger partial charge in [-0.05, 0) is 19.8 Å². The Kier molecular flexibility index (Phi) is 4.67. The topological polar surface area (TPSA) is 12.0 Å². The highest BCUT2D eigenvalue weighted by molar-refractivity contribution is 5.07. The van der Waals surface area contributed by atoms with Crippen LogP contribution in [0, 0.1) is 5.92 Å². The van der Waals surface area contributed by atoms with Crippen molar-refractivity contribution in [2.75, 3.05) is 6.54 Å². The van der Waals surface area contributed by atoms with Gasteiger partial charge in [-0.25, -0.2) is 0 Å². The summed E-state index contributed by atoms with van der Waals surface area (Å²) in [4.78, 5) is 0. The molecule has 0 spiro atoms. The standard InChI is InChI=1S/C10H19N/c1-6-10(8(2)3)7-11-9(4)5/h6,8,11H,4,7H2,1-3,5H3/b10-6+. The van der Waals surface area contributed by atoms with E-state index in [-0.39, 0.29) is 0 Å². The van der Waals surface area contributed by atoms with Gasteiger partial charge < -0.3 is 5.32 Å². The smallest absolute Gasteiger partial charge is 0.0359 e. The molecule has 0 aromatic rings. The summed E-state index contributed by atoms with van der Waals surface area (Å²) in [5.74, 6) is 0.631. The highest BCUT2D eigenvalue weighted by Gasteiger charge is 1.99. The molecule has 0 rings (SSSR count). The number of allylic oxidation sites excluding steroid dienone is 2. The zero-order valence-corrected chi connectivity index (χ0v) is 8.07. The summed E-state index contributed by atoms with van der Waals surface area (Å²) in [5.41, 5.74) is 2.47. The first-order valence-electron chi connectivity index (χ1n) is 4.12. The van der Waals surface area contributed by atoms with Crippen molar-refractivity contribution in [3.05, 3.63) is 23.9 Å². The molecule has 0 aliphatic heterocycles. The third kappa shape index (κ3) is 4.65. The lowest BCUT2D eigenvalue weighted by molar-refractivity contribution is 0.705. The lowest BCUT2D eigenvalue weighted by Gasteiger charge is -2.12. The van der Waals surface area contributed by atoms with E-state index in [4.69, 9.17) is 0 Å². The van der Waals surface area contributed by atoms with E-state index in [1.807, 2.05) is 6.92 Å². The summed E-state index contributed by atoms with van der Waals surface area (Å²) in [7, 11) is 0. The molecule has 1 nitrogen and oxygen atoms in total. The molecule has 0 amide bonds. The minimum atomic E-state index is 0.631. The van der Waals surface area contributed by atoms with Gasteiger partial charge in [-0.1, -0.05) is 32.1 Å². The Morgan fingerprint density at radius 2 is 2.09 bits per heavy atom. The van der Waals surface area contributed by atoms with Crippen LogP contribution in [0.3, 0.4) is 0 Å². The quantitative estimate of drug-likeness (QED) is 0.612. The van der Waals surface area contributed by atoms with Crippen molar-refractivity contribution in [1.82, 2.24) is 5.32 Å². The summed E-state index contributed by atoms with van der Waals surface area (Å²) in [6, 6.07) is 0. The Morgan fingerprint density at radius 3 is 2.36 bits per heavy atom. The van der Waals surface area contributed by atoms with E-state index in [1.54, 1.807) is 0 Å². The van der Waals surface area contributed by atoms with Gasteiger partial charge in [-0.15, -0.1) is 0 Å². The summed E-state index contributed by atoms with van der Waals surface area (Å²) in [6.07, 6.45) is 2.17. The molecular formula is C10H19N. The van der Waals surface area contributed by atoms with Crippen molar-refractivity contribution >= 4 is 0 Å². The monoisotopic (exact) mass is 153 g/mol. The summed E-state index contributed by atoms with van der Waals surface area (Å²) in [5, 5.41) is 3.22. The van der Waals surface area contributed by atoms with Crippen LogP contribution in [0.4, 0.5) is 0 Å². The van der Waals surface area contributed by atoms with Crippen molar-refractivity contribution in [3.63, 3.8) is 0 Å². The van der Waals surface area contributed by atoms with E-state index >= 15 is 0 Å². The number of hydrogen-bond donors (Lipinski definition) is 1. The van der Waals surface area contributed by atoms with Crippen LogP contribution >= 0.6 is 0 Å². The predicted octanol–water partition coefficient (Wildman–Crippen LogP) is 2.71. The predicted molar refractivity (Wildman–Crippen MR) is 51.4 cm³/mol. The first-order chi connectivity index (χ1) is 5.07. The first kappa shape index (κ1) is 10.3. The lowest BCUT2D eigenvalue weighted by Crippen LogP contribution is -2.16. The first-order valence-corrected chi connectivity index (χ1v) is 4.12. The molecule has 1 N–H and O–H groups in total. The molecule has 0 bridgehead atoms. The van der Waals surface area contributed by atoms with Gasteiger partial charge in [-0.3, -0.25) is 0 Å². The van der Waals surface area contributed by atoms with Crippen molar-refractivity contribution in [2.45, 2.75) is 27.7 Å². The molecule has 0 fully saturated rings. The zero-order chi connectivity index (χ0) is 8.85. The summed E-state index contributed by atoms with van der Waals surface area (Å²) < 4.78 is 0. The molecule has 64 valence electrons. The minimum absolute atomic E-state index is 0.631. The van der Waals surface area contributed by atoms with Crippen LogP contribution in [-0.4, -0.2) is 6.54 Å². The molecule has 0 atom stereocenters. The molecule has 0 saturated heterocycles. The van der Waals surface area contributed by atoms with Crippen LogP contribution in [-0.2, 0) is 0 Å². The average molecular weight is 153 g/mol. The van der Waals surface area contributed by atoms with Crippen molar-refractivity contribution in [1.29, 1.82) is 0 Å². The van der Waals surface area contributed by atoms with Crippen LogP contribution in [0.25, 0.3) is 0 Å². The second kappa shape index (κ2) is 5.00. The largest absolute Gasteiger partial charge is 0.385 e. The van der Waals surface area contributed by atoms with Gasteiger partial charge in [0.2, 0.25) is 0 Å². The SMILES string of the molecule is C=C(C)NC/C(=C\C)C(C)C. The van der Waals surface area contributed by atoms with Crippen LogP contribution in [0.5, 0.6) is 0 Å². The summed E-state index contributed by atoms with van der Waals surface area (Å²) in [6.45, 7) is 13.2. The van der Waals surface area contributed by atoms with E-state index in [1.165, 1.54) is 5.57 Å². The fourth-order valence-electron chi connectivity index (χ4n) is 0.892. The van der Waals surface area contributed by atoms with Crippen molar-refractivity contribution < 1.29 is 0 Å². The Labute approximate surface area is 70.2 Å². The fraction of sp³-hybridized carbons (Fsp3) is 0.600. The Morgan fingerprint density at radius 1 is 1.55 bits per heavy atom. The fourth-order valence-corrected chi connectivity index (χ4v) is 0.892. The number of nitrogens with one attached hydrogen (secondary N) is 1. The third-order valence-corrected chi connectivity index (χ3v) is 1.71. The van der Waals surface area contributed by atoms with Gasteiger partial charge in [0.05, 0.1) is 0 Å². The average Bonchev–Trinajstić information content (AvgIpc) is 1.87. The molecule has 0 aliphatic rings. The van der Waals surface area contributed by atoms with Crippen LogP contribution < -0.4 is 5.32 Å². The van der Waals surface area contributed by atoms with E-state index in [2.05, 4.69) is 38.7 Å². The maximum atomic E-state index is 3.78. The number of rotatable bonds is 4. The van der Waals surface area contributed by atoms with Crippen LogP contribution in [0.1, 0.15) is 27.7 Å². The zero-order valence-electron chi connectivity index (χ0n) is 8.07. The molecule has 0 aromatic heterocycles. The highest BCUT2D eigenvalue weighted by Crippen LogP contribution is 2.07. The number of hydrogen-bond acceptors (Lipinski definition) is 1. The maximum absolute atomic E-state index is 3.78. The van der Waals surface area contributed by atoms with Gasteiger partial charge >= 0.3 is 0 Å². The van der Waals surface area contributed by atoms with Gasteiger partial charge in [0.25, 0.3) is 0 Å². The van der Waals surface area contributed by atoms with Gasteiger partial charge in [-0.2, -0.15) is 0 Å². The normalized spacial score (nSPS) is 11.9. The van der Waals surface area contributed by atoms with Crippen LogP contribution in [0.15, 0.2) is 23.9 Å². The molecule has 11 heavy (non-hydrogen) atoms. The minimum Gasteiger partial charge on any atom is -0.385 e. The molecule has 0 unspecified atom stereocenters. The van der Waals surface area contributed by atoms with E-state index in [0.717, 1.165) is 12.2 Å². The third-order valence-electron chi connectivity index (χ3n) is 1.71. The molecule has 0 aromatic carbocycles. The molecule has 0 radical (unpaired) electrons. The Bertz CT molecular complexity index is 154. The van der Waals surface area contributed by atoms with E-state index in [0.29, 0.717) is 5.92 Å². The van der Waals surface area contributed by atoms with Gasteiger partial charge in [0, 0.05) is 12.2 Å². The molecule has 0 aliphatic carbocycles. The Balaban J connectivity index is 3.81.